The Hall–Kier alpha value is -6.67. The Morgan fingerprint density at radius 1 is 0.800 bits per heavy atom. The van der Waals surface area contributed by atoms with E-state index in [1.807, 2.05) is 0 Å². The summed E-state index contributed by atoms with van der Waals surface area (Å²) in [4.78, 5) is 61.9. The van der Waals surface area contributed by atoms with Gasteiger partial charge in [-0.1, -0.05) is 11.8 Å². The van der Waals surface area contributed by atoms with E-state index in [4.69, 9.17) is 62.2 Å². The second-order valence-electron chi connectivity index (χ2n) is 14.3. The predicted octanol–water partition coefficient (Wildman–Crippen LogP) is 0.646. The molecule has 4 fully saturated rings. The number of rotatable bonds is 10. The molecule has 0 radical (unpaired) electrons. The Morgan fingerprint density at radius 2 is 1.20 bits per heavy atom. The smallest absolute Gasteiger partial charge is 0.427 e. The van der Waals surface area contributed by atoms with Gasteiger partial charge in [-0.2, -0.15) is 28.7 Å². The van der Waals surface area contributed by atoms with E-state index in [-0.39, 0.29) is 46.8 Å². The standard InChI is InChI=1S/C35H34F2N10O13/c1-5-34(9-48)15(7-17(59-34)46-11-40-19-25(38)42-29(36)44-27(19)46)23(21-13(3)53-31(50)55-21)57-33(52)58-24(22-14(4)54-32(51)56-22)16-8-18(60-35(16,6-2)10-49)47-12-41-20-26(39)43-30(37)45-28(20)47/h1-2,11-18,21-24,48-49H,7-10H2,3-4H3,(H2,38,42,44)(H2,39,43,45). The van der Waals surface area contributed by atoms with E-state index in [1.165, 1.54) is 35.6 Å². The van der Waals surface area contributed by atoms with Gasteiger partial charge in [0.2, 0.25) is 0 Å². The zero-order valence-electron chi connectivity index (χ0n) is 31.3. The summed E-state index contributed by atoms with van der Waals surface area (Å²) in [5, 5.41) is 21.6. The van der Waals surface area contributed by atoms with Crippen molar-refractivity contribution < 1.29 is 71.3 Å². The molecular formula is C35H34F2N10O13. The summed E-state index contributed by atoms with van der Waals surface area (Å²) in [6.45, 7) is 1.12. The molecule has 8 rings (SSSR count). The summed E-state index contributed by atoms with van der Waals surface area (Å²) in [7, 11) is 0. The van der Waals surface area contributed by atoms with Crippen LogP contribution in [0.25, 0.3) is 22.3 Å². The highest BCUT2D eigenvalue weighted by atomic mass is 19.1. The highest BCUT2D eigenvalue weighted by Crippen LogP contribution is 2.49. The normalized spacial score (nSPS) is 32.1. The molecular weight excluding hydrogens is 806 g/mol. The number of fused-ring (bicyclic) bond motifs is 2. The lowest BCUT2D eigenvalue weighted by Gasteiger charge is -2.37. The van der Waals surface area contributed by atoms with E-state index in [1.54, 1.807) is 0 Å². The number of carbonyl (C=O) groups is 3. The molecule has 0 saturated carbocycles. The first-order valence-electron chi connectivity index (χ1n) is 18.1. The molecule has 4 saturated heterocycles. The summed E-state index contributed by atoms with van der Waals surface area (Å²) in [5.41, 5.74) is 7.59. The van der Waals surface area contributed by atoms with Crippen molar-refractivity contribution >= 4 is 52.4 Å². The Balaban J connectivity index is 1.14. The quantitative estimate of drug-likeness (QED) is 0.0737. The first-order valence-corrected chi connectivity index (χ1v) is 18.1. The van der Waals surface area contributed by atoms with Crippen LogP contribution >= 0.6 is 0 Å². The Kier molecular flexibility index (Phi) is 9.94. The number of hydrogen-bond acceptors (Lipinski definition) is 21. The summed E-state index contributed by atoms with van der Waals surface area (Å²) in [5.74, 6) is 1.78. The van der Waals surface area contributed by atoms with Crippen molar-refractivity contribution in [3.8, 4) is 24.7 Å². The van der Waals surface area contributed by atoms with E-state index in [0.717, 1.165) is 0 Å². The topological polar surface area (TPSA) is 305 Å². The Morgan fingerprint density at radius 3 is 1.53 bits per heavy atom. The molecule has 60 heavy (non-hydrogen) atoms. The fourth-order valence-electron chi connectivity index (χ4n) is 8.22. The maximum absolute atomic E-state index is 14.3. The molecule has 316 valence electrons. The summed E-state index contributed by atoms with van der Waals surface area (Å²) >= 11 is 0. The van der Waals surface area contributed by atoms with Crippen LogP contribution < -0.4 is 11.5 Å². The van der Waals surface area contributed by atoms with Crippen LogP contribution in [-0.4, -0.2) is 129 Å². The molecule has 0 amide bonds. The second kappa shape index (κ2) is 14.9. The minimum Gasteiger partial charge on any atom is -0.427 e. The summed E-state index contributed by atoms with van der Waals surface area (Å²) in [6, 6.07) is 0. The van der Waals surface area contributed by atoms with Gasteiger partial charge in [-0.05, 0) is 13.8 Å². The van der Waals surface area contributed by atoms with Gasteiger partial charge in [0.15, 0.2) is 69.6 Å². The number of nitrogens with two attached hydrogens (primary N) is 2. The number of nitrogens with zero attached hydrogens (tertiary/aromatic N) is 8. The minimum atomic E-state index is -1.98. The molecule has 12 atom stereocenters. The lowest BCUT2D eigenvalue weighted by molar-refractivity contribution is -0.135. The third-order valence-electron chi connectivity index (χ3n) is 11.1. The number of aliphatic hydroxyl groups is 2. The van der Waals surface area contributed by atoms with E-state index < -0.39 is 116 Å². The van der Waals surface area contributed by atoms with Gasteiger partial charge < -0.3 is 59.6 Å². The van der Waals surface area contributed by atoms with Crippen LogP contribution in [0.1, 0.15) is 39.1 Å². The maximum atomic E-state index is 14.3. The average Bonchev–Trinajstić information content (AvgIpc) is 4.06. The van der Waals surface area contributed by atoms with Crippen LogP contribution in [0.2, 0.25) is 0 Å². The second-order valence-corrected chi connectivity index (χ2v) is 14.3. The molecule has 23 nitrogen and oxygen atoms in total. The number of terminal acetylenes is 2. The molecule has 4 aliphatic rings. The first kappa shape index (κ1) is 40.1. The zero-order chi connectivity index (χ0) is 42.8. The molecule has 4 aromatic rings. The number of hydrogen-bond donors (Lipinski definition) is 4. The number of halogens is 2. The molecule has 4 aliphatic heterocycles. The average molecular weight is 841 g/mol. The fraction of sp³-hybridized carbons (Fsp3) is 0.514. The van der Waals surface area contributed by atoms with Gasteiger partial charge in [-0.25, -0.2) is 24.4 Å². The lowest BCUT2D eigenvalue weighted by atomic mass is 9.80. The molecule has 0 aliphatic carbocycles. The first-order chi connectivity index (χ1) is 28.6. The maximum Gasteiger partial charge on any atom is 0.509 e. The summed E-state index contributed by atoms with van der Waals surface area (Å²) < 4.78 is 76.8. The number of imidazole rings is 2. The van der Waals surface area contributed by atoms with E-state index >= 15 is 0 Å². The van der Waals surface area contributed by atoms with Crippen molar-refractivity contribution in [2.75, 3.05) is 24.7 Å². The number of anilines is 2. The van der Waals surface area contributed by atoms with Crippen molar-refractivity contribution in [3.05, 3.63) is 24.8 Å². The van der Waals surface area contributed by atoms with Gasteiger partial charge in [0.25, 0.3) is 0 Å². The fourth-order valence-corrected chi connectivity index (χ4v) is 8.22. The van der Waals surface area contributed by atoms with Crippen LogP contribution in [0, 0.1) is 48.7 Å². The number of aromatic nitrogens is 8. The van der Waals surface area contributed by atoms with Crippen LogP contribution in [0.5, 0.6) is 0 Å². The SMILES string of the molecule is C#CC1(CO)OC(n2cnc3c(N)nc(F)nc32)CC1C(OC(=O)OC(C1OC(=O)OC1C)C1CC(n2cnc3c(N)nc(F)nc32)OC1(C#C)CO)C1OC(=O)OC1C. The largest absolute Gasteiger partial charge is 0.509 e. The third-order valence-corrected chi connectivity index (χ3v) is 11.1. The molecule has 0 aromatic carbocycles. The van der Waals surface area contributed by atoms with Gasteiger partial charge in [-0.15, -0.1) is 12.8 Å². The zero-order valence-corrected chi connectivity index (χ0v) is 31.3. The van der Waals surface area contributed by atoms with Crippen LogP contribution in [0.4, 0.5) is 34.8 Å². The Bertz CT molecular complexity index is 2310. The predicted molar refractivity (Wildman–Crippen MR) is 190 cm³/mol. The van der Waals surface area contributed by atoms with Crippen LogP contribution in [0.3, 0.4) is 0 Å². The van der Waals surface area contributed by atoms with Crippen molar-refractivity contribution in [2.24, 2.45) is 11.8 Å². The van der Waals surface area contributed by atoms with Gasteiger partial charge in [-0.3, -0.25) is 9.13 Å². The van der Waals surface area contributed by atoms with E-state index in [0.29, 0.717) is 0 Å². The number of aliphatic hydroxyl groups excluding tert-OH is 2. The molecule has 25 heteroatoms. The highest BCUT2D eigenvalue weighted by Gasteiger charge is 2.60. The van der Waals surface area contributed by atoms with Crippen LogP contribution in [-0.2, 0) is 37.9 Å². The molecule has 12 unspecified atom stereocenters. The number of ether oxygens (including phenoxy) is 8. The Labute approximate surface area is 335 Å². The van der Waals surface area contributed by atoms with Crippen molar-refractivity contribution in [2.45, 2.75) is 87.0 Å². The van der Waals surface area contributed by atoms with Gasteiger partial charge in [0.05, 0.1) is 25.9 Å². The lowest BCUT2D eigenvalue weighted by Crippen LogP contribution is -2.53. The third kappa shape index (κ3) is 6.51. The molecule has 8 heterocycles. The van der Waals surface area contributed by atoms with E-state index in [9.17, 15) is 33.4 Å². The van der Waals surface area contributed by atoms with Gasteiger partial charge in [0.1, 0.15) is 24.7 Å². The van der Waals surface area contributed by atoms with Crippen molar-refractivity contribution in [1.29, 1.82) is 0 Å². The van der Waals surface area contributed by atoms with Crippen molar-refractivity contribution in [3.63, 3.8) is 0 Å². The van der Waals surface area contributed by atoms with Gasteiger partial charge >= 0.3 is 30.6 Å². The molecule has 0 spiro atoms. The molecule has 0 bridgehead atoms. The molecule has 4 aromatic heterocycles. The monoisotopic (exact) mass is 840 g/mol. The molecule has 6 N–H and O–H groups in total. The van der Waals surface area contributed by atoms with Gasteiger partial charge in [0, 0.05) is 24.7 Å². The van der Waals surface area contributed by atoms with E-state index in [2.05, 4.69) is 41.7 Å². The minimum absolute atomic E-state index is 0.0218. The summed E-state index contributed by atoms with van der Waals surface area (Å²) in [6.07, 6.45) is -2.66. The number of carbonyl (C=O) groups excluding carboxylic acids is 3. The number of cyclic esters (lactones) is 4. The van der Waals surface area contributed by atoms with Crippen molar-refractivity contribution in [1.82, 2.24) is 39.0 Å². The van der Waals surface area contributed by atoms with Crippen LogP contribution in [0.15, 0.2) is 12.7 Å². The number of nitrogen functional groups attached to an aromatic ring is 2. The highest BCUT2D eigenvalue weighted by molar-refractivity contribution is 5.82.